The molecule has 1 aromatic heterocycles. The minimum absolute atomic E-state index is 0.0482. The van der Waals surface area contributed by atoms with Crippen molar-refractivity contribution in [1.82, 2.24) is 10.3 Å². The molecule has 12 heteroatoms. The van der Waals surface area contributed by atoms with E-state index in [1.807, 2.05) is 6.07 Å². The van der Waals surface area contributed by atoms with Crippen molar-refractivity contribution < 1.29 is 35.5 Å². The minimum Gasteiger partial charge on any atom is -0.381 e. The van der Waals surface area contributed by atoms with Gasteiger partial charge in [0.05, 0.1) is 40.0 Å². The van der Waals surface area contributed by atoms with E-state index in [1.165, 1.54) is 13.3 Å². The van der Waals surface area contributed by atoms with Crippen molar-refractivity contribution in [2.45, 2.75) is 53.6 Å². The number of amides is 1. The summed E-state index contributed by atoms with van der Waals surface area (Å²) in [5.74, 6) is -2.24. The molecule has 0 bridgehead atoms. The first-order valence-corrected chi connectivity index (χ1v) is 12.3. The van der Waals surface area contributed by atoms with Crippen molar-refractivity contribution in [3.8, 4) is 17.2 Å². The standard InChI is InChI=1S/C23H21F4N3O4S/c1-34-19-9-16(8-17(19)21(31)30-22(12-28)4-5-22)35(32,33)20-3-2-13(7-18(20)23(25,26)27)14-6-15(24)11-29-10-14/h2-3,6-7,10-11,16-17,19H,4-5,8-9H2,1H3,(H,30,31)/t16-,17-,19-/m1/s1. The molecule has 2 aliphatic carbocycles. The number of rotatable bonds is 6. The summed E-state index contributed by atoms with van der Waals surface area (Å²) >= 11 is 0. The highest BCUT2D eigenvalue weighted by Gasteiger charge is 2.51. The molecule has 0 saturated heterocycles. The lowest BCUT2D eigenvalue weighted by Gasteiger charge is -2.19. The minimum atomic E-state index is -5.01. The number of aromatic nitrogens is 1. The Bertz CT molecular complexity index is 1300. The van der Waals surface area contributed by atoms with E-state index in [-0.39, 0.29) is 24.0 Å². The molecule has 1 amide bonds. The number of halogens is 4. The number of nitrogens with zero attached hydrogens (tertiary/aromatic N) is 2. The molecule has 4 rings (SSSR count). The van der Waals surface area contributed by atoms with E-state index < -0.39 is 61.0 Å². The molecule has 2 saturated carbocycles. The molecular weight excluding hydrogens is 490 g/mol. The zero-order chi connectivity index (χ0) is 25.6. The number of pyridine rings is 1. The van der Waals surface area contributed by atoms with Gasteiger partial charge in [0.2, 0.25) is 5.91 Å². The molecule has 1 heterocycles. The van der Waals surface area contributed by atoms with Crippen molar-refractivity contribution >= 4 is 15.7 Å². The maximum Gasteiger partial charge on any atom is 0.417 e. The van der Waals surface area contributed by atoms with Crippen molar-refractivity contribution in [3.63, 3.8) is 0 Å². The van der Waals surface area contributed by atoms with Gasteiger partial charge >= 0.3 is 6.18 Å². The van der Waals surface area contributed by atoms with Crippen LogP contribution >= 0.6 is 0 Å². The number of sulfone groups is 1. The van der Waals surface area contributed by atoms with Gasteiger partial charge in [-0.15, -0.1) is 0 Å². The van der Waals surface area contributed by atoms with Crippen LogP contribution in [0, 0.1) is 23.1 Å². The lowest BCUT2D eigenvalue weighted by atomic mass is 10.0. The Labute approximate surface area is 199 Å². The van der Waals surface area contributed by atoms with E-state index in [0.717, 1.165) is 24.4 Å². The fraction of sp³-hybridized carbons (Fsp3) is 0.435. The Morgan fingerprint density at radius 1 is 1.20 bits per heavy atom. The lowest BCUT2D eigenvalue weighted by Crippen LogP contribution is -2.42. The number of alkyl halides is 3. The zero-order valence-electron chi connectivity index (χ0n) is 18.5. The monoisotopic (exact) mass is 511 g/mol. The van der Waals surface area contributed by atoms with Crippen LogP contribution in [0.3, 0.4) is 0 Å². The fourth-order valence-corrected chi connectivity index (χ4v) is 6.39. The van der Waals surface area contributed by atoms with Crippen LogP contribution in [0.1, 0.15) is 31.2 Å². The smallest absolute Gasteiger partial charge is 0.381 e. The fourth-order valence-electron chi connectivity index (χ4n) is 4.39. The van der Waals surface area contributed by atoms with Gasteiger partial charge in [0.15, 0.2) is 9.84 Å². The Morgan fingerprint density at radius 3 is 2.49 bits per heavy atom. The number of nitriles is 1. The van der Waals surface area contributed by atoms with Gasteiger partial charge in [-0.2, -0.15) is 18.4 Å². The number of nitrogens with one attached hydrogen (secondary N) is 1. The van der Waals surface area contributed by atoms with Crippen LogP contribution < -0.4 is 5.32 Å². The largest absolute Gasteiger partial charge is 0.417 e. The van der Waals surface area contributed by atoms with Crippen molar-refractivity contribution in [2.75, 3.05) is 7.11 Å². The van der Waals surface area contributed by atoms with Crippen LogP contribution in [-0.4, -0.2) is 43.3 Å². The number of hydrogen-bond acceptors (Lipinski definition) is 6. The number of ether oxygens (including phenoxy) is 1. The second-order valence-corrected chi connectivity index (χ2v) is 11.0. The van der Waals surface area contributed by atoms with Crippen LogP contribution in [0.5, 0.6) is 0 Å². The van der Waals surface area contributed by atoms with Crippen LogP contribution in [-0.2, 0) is 25.5 Å². The van der Waals surface area contributed by atoms with Gasteiger partial charge in [0, 0.05) is 18.9 Å². The number of benzene rings is 1. The molecular formula is C23H21F4N3O4S. The van der Waals surface area contributed by atoms with Gasteiger partial charge in [-0.1, -0.05) is 6.07 Å². The van der Waals surface area contributed by atoms with Crippen molar-refractivity contribution in [3.05, 3.63) is 48.0 Å². The highest BCUT2D eigenvalue weighted by atomic mass is 32.2. The number of methoxy groups -OCH3 is 1. The second kappa shape index (κ2) is 8.87. The SMILES string of the molecule is CO[C@@H]1C[C@H](S(=O)(=O)c2ccc(-c3cncc(F)c3)cc2C(F)(F)F)C[C@H]1C(=O)NC1(C#N)CC1. The second-order valence-electron chi connectivity index (χ2n) is 8.80. The lowest BCUT2D eigenvalue weighted by molar-refractivity contribution is -0.139. The summed E-state index contributed by atoms with van der Waals surface area (Å²) < 4.78 is 87.4. The van der Waals surface area contributed by atoms with Crippen molar-refractivity contribution in [2.24, 2.45) is 5.92 Å². The van der Waals surface area contributed by atoms with Crippen LogP contribution in [0.2, 0.25) is 0 Å². The molecule has 7 nitrogen and oxygen atoms in total. The Morgan fingerprint density at radius 2 is 1.91 bits per heavy atom. The highest BCUT2D eigenvalue weighted by molar-refractivity contribution is 7.92. The summed E-state index contributed by atoms with van der Waals surface area (Å²) in [4.78, 5) is 15.4. The summed E-state index contributed by atoms with van der Waals surface area (Å²) in [5, 5.41) is 10.5. The van der Waals surface area contributed by atoms with Crippen LogP contribution in [0.25, 0.3) is 11.1 Å². The Hall–Kier alpha value is -3.04. The maximum atomic E-state index is 13.9. The molecule has 2 aliphatic rings. The van der Waals surface area contributed by atoms with Gasteiger partial charge in [-0.25, -0.2) is 12.8 Å². The Kier molecular flexibility index (Phi) is 6.36. The van der Waals surface area contributed by atoms with Gasteiger partial charge in [0.25, 0.3) is 0 Å². The summed E-state index contributed by atoms with van der Waals surface area (Å²) in [6, 6.07) is 5.67. The summed E-state index contributed by atoms with van der Waals surface area (Å²) in [6.07, 6.45) is -3.26. The quantitative estimate of drug-likeness (QED) is 0.593. The van der Waals surface area contributed by atoms with E-state index >= 15 is 0 Å². The van der Waals surface area contributed by atoms with E-state index in [1.54, 1.807) is 0 Å². The van der Waals surface area contributed by atoms with Crippen LogP contribution in [0.4, 0.5) is 17.6 Å². The normalized spacial score (nSPS) is 23.5. The first-order valence-electron chi connectivity index (χ1n) is 10.7. The summed E-state index contributed by atoms with van der Waals surface area (Å²) in [6.45, 7) is 0. The molecule has 3 atom stereocenters. The van der Waals surface area contributed by atoms with Gasteiger partial charge in [-0.05, 0) is 49.4 Å². The topological polar surface area (TPSA) is 109 Å². The molecule has 1 N–H and O–H groups in total. The van der Waals surface area contributed by atoms with Crippen molar-refractivity contribution in [1.29, 1.82) is 5.26 Å². The maximum absolute atomic E-state index is 13.9. The first-order chi connectivity index (χ1) is 16.4. The van der Waals surface area contributed by atoms with E-state index in [2.05, 4.69) is 10.3 Å². The average Bonchev–Trinajstić information content (AvgIpc) is 3.43. The third-order valence-electron chi connectivity index (χ3n) is 6.50. The first kappa shape index (κ1) is 25.1. The predicted octanol–water partition coefficient (Wildman–Crippen LogP) is 3.65. The van der Waals surface area contributed by atoms with E-state index in [9.17, 15) is 36.0 Å². The van der Waals surface area contributed by atoms with Gasteiger partial charge in [-0.3, -0.25) is 9.78 Å². The summed E-state index contributed by atoms with van der Waals surface area (Å²) in [5.41, 5.74) is -2.35. The number of hydrogen-bond donors (Lipinski definition) is 1. The molecule has 186 valence electrons. The predicted molar refractivity (Wildman–Crippen MR) is 115 cm³/mol. The van der Waals surface area contributed by atoms with Crippen LogP contribution in [0.15, 0.2) is 41.6 Å². The third kappa shape index (κ3) is 4.88. The summed E-state index contributed by atoms with van der Waals surface area (Å²) in [7, 11) is -3.25. The molecule has 0 aliphatic heterocycles. The molecule has 0 radical (unpaired) electrons. The molecule has 2 aromatic rings. The highest BCUT2D eigenvalue weighted by Crippen LogP contribution is 2.43. The number of carbonyl (C=O) groups is 1. The molecule has 35 heavy (non-hydrogen) atoms. The Balaban J connectivity index is 1.67. The third-order valence-corrected chi connectivity index (χ3v) is 8.73. The molecule has 0 spiro atoms. The molecule has 0 unspecified atom stereocenters. The average molecular weight is 511 g/mol. The molecule has 1 aromatic carbocycles. The van der Waals surface area contributed by atoms with Gasteiger partial charge in [0.1, 0.15) is 11.4 Å². The van der Waals surface area contributed by atoms with Gasteiger partial charge < -0.3 is 10.1 Å². The molecule has 2 fully saturated rings. The zero-order valence-corrected chi connectivity index (χ0v) is 19.3. The van der Waals surface area contributed by atoms with E-state index in [4.69, 9.17) is 4.74 Å². The van der Waals surface area contributed by atoms with E-state index in [0.29, 0.717) is 18.9 Å². The number of carbonyl (C=O) groups excluding carboxylic acids is 1.